The maximum absolute atomic E-state index is 6.12. The molecule has 0 fully saturated rings. The minimum atomic E-state index is 0.512. The molecule has 0 aliphatic heterocycles. The summed E-state index contributed by atoms with van der Waals surface area (Å²) >= 11 is 6.12. The van der Waals surface area contributed by atoms with E-state index in [1.165, 1.54) is 0 Å². The fourth-order valence-corrected chi connectivity index (χ4v) is 1.81. The van der Waals surface area contributed by atoms with Gasteiger partial charge < -0.3 is 0 Å². The number of aromatic nitrogens is 4. The molecule has 2 aromatic rings. The predicted molar refractivity (Wildman–Crippen MR) is 67.8 cm³/mol. The smallest absolute Gasteiger partial charge is 0.146 e. The van der Waals surface area contributed by atoms with Crippen molar-refractivity contribution in [2.24, 2.45) is 0 Å². The molecule has 90 valence electrons. The lowest BCUT2D eigenvalue weighted by Crippen LogP contribution is -2.06. The molecule has 0 N–H and O–H groups in total. The van der Waals surface area contributed by atoms with Gasteiger partial charge in [-0.2, -0.15) is 0 Å². The number of aryl methyl sites for hydroxylation is 2. The zero-order valence-corrected chi connectivity index (χ0v) is 11.2. The SMILES string of the molecule is CCc1nc(Cl)c(C)c(-n2cnc(C)c2C)n1. The van der Waals surface area contributed by atoms with Crippen LogP contribution in [0.1, 0.15) is 29.7 Å². The van der Waals surface area contributed by atoms with Crippen LogP contribution in [0.25, 0.3) is 5.82 Å². The summed E-state index contributed by atoms with van der Waals surface area (Å²) in [4.78, 5) is 13.0. The first-order chi connectivity index (χ1) is 8.04. The Bertz CT molecular complexity index is 560. The van der Waals surface area contributed by atoms with E-state index in [2.05, 4.69) is 15.0 Å². The molecule has 0 aliphatic carbocycles. The third-order valence-electron chi connectivity index (χ3n) is 2.90. The van der Waals surface area contributed by atoms with E-state index in [-0.39, 0.29) is 0 Å². The molecular weight excluding hydrogens is 236 g/mol. The molecule has 5 heteroatoms. The van der Waals surface area contributed by atoms with E-state index in [4.69, 9.17) is 11.6 Å². The molecular formula is C12H15ClN4. The van der Waals surface area contributed by atoms with Crippen molar-refractivity contribution < 1.29 is 0 Å². The van der Waals surface area contributed by atoms with Crippen LogP contribution in [0.2, 0.25) is 5.15 Å². The topological polar surface area (TPSA) is 43.6 Å². The number of imidazole rings is 1. The third-order valence-corrected chi connectivity index (χ3v) is 3.27. The fourth-order valence-electron chi connectivity index (χ4n) is 1.63. The van der Waals surface area contributed by atoms with Crippen molar-refractivity contribution in [3.05, 3.63) is 34.3 Å². The van der Waals surface area contributed by atoms with E-state index in [0.717, 1.165) is 35.0 Å². The van der Waals surface area contributed by atoms with Crippen LogP contribution in [-0.4, -0.2) is 19.5 Å². The van der Waals surface area contributed by atoms with Gasteiger partial charge in [0.1, 0.15) is 23.1 Å². The van der Waals surface area contributed by atoms with Crippen LogP contribution in [0, 0.1) is 20.8 Å². The monoisotopic (exact) mass is 250 g/mol. The van der Waals surface area contributed by atoms with Gasteiger partial charge in [0.2, 0.25) is 0 Å². The molecule has 0 atom stereocenters. The zero-order chi connectivity index (χ0) is 12.6. The first kappa shape index (κ1) is 12.0. The maximum Gasteiger partial charge on any atom is 0.146 e. The van der Waals surface area contributed by atoms with Crippen molar-refractivity contribution in [3.8, 4) is 5.82 Å². The molecule has 0 amide bonds. The van der Waals surface area contributed by atoms with Gasteiger partial charge in [-0.25, -0.2) is 15.0 Å². The second-order valence-corrected chi connectivity index (χ2v) is 4.38. The second kappa shape index (κ2) is 4.45. The van der Waals surface area contributed by atoms with Crippen LogP contribution < -0.4 is 0 Å². The molecule has 0 spiro atoms. The number of nitrogens with zero attached hydrogens (tertiary/aromatic N) is 4. The Kier molecular flexibility index (Phi) is 3.15. The first-order valence-corrected chi connectivity index (χ1v) is 5.96. The molecule has 0 aromatic carbocycles. The summed E-state index contributed by atoms with van der Waals surface area (Å²) in [6, 6.07) is 0. The van der Waals surface area contributed by atoms with Crippen LogP contribution in [0.4, 0.5) is 0 Å². The molecule has 2 aromatic heterocycles. The fraction of sp³-hybridized carbons (Fsp3) is 0.417. The number of rotatable bonds is 2. The number of hydrogen-bond donors (Lipinski definition) is 0. The van der Waals surface area contributed by atoms with Gasteiger partial charge in [0.25, 0.3) is 0 Å². The van der Waals surface area contributed by atoms with Gasteiger partial charge in [-0.05, 0) is 20.8 Å². The summed E-state index contributed by atoms with van der Waals surface area (Å²) in [5.41, 5.74) is 2.95. The average Bonchev–Trinajstić information content (AvgIpc) is 2.64. The molecule has 2 heterocycles. The normalized spacial score (nSPS) is 10.9. The van der Waals surface area contributed by atoms with Crippen molar-refractivity contribution in [1.29, 1.82) is 0 Å². The molecule has 0 unspecified atom stereocenters. The van der Waals surface area contributed by atoms with Crippen LogP contribution in [-0.2, 0) is 6.42 Å². The van der Waals surface area contributed by atoms with E-state index < -0.39 is 0 Å². The lowest BCUT2D eigenvalue weighted by molar-refractivity contribution is 0.859. The van der Waals surface area contributed by atoms with Crippen molar-refractivity contribution in [1.82, 2.24) is 19.5 Å². The second-order valence-electron chi connectivity index (χ2n) is 4.02. The lowest BCUT2D eigenvalue weighted by Gasteiger charge is -2.10. The zero-order valence-electron chi connectivity index (χ0n) is 10.5. The average molecular weight is 251 g/mol. The Morgan fingerprint density at radius 3 is 2.47 bits per heavy atom. The minimum absolute atomic E-state index is 0.512. The summed E-state index contributed by atoms with van der Waals surface area (Å²) in [5.74, 6) is 1.57. The molecule has 4 nitrogen and oxygen atoms in total. The van der Waals surface area contributed by atoms with Crippen molar-refractivity contribution in [3.63, 3.8) is 0 Å². The Balaban J connectivity index is 2.66. The van der Waals surface area contributed by atoms with Crippen LogP contribution in [0.15, 0.2) is 6.33 Å². The Labute approximate surface area is 106 Å². The van der Waals surface area contributed by atoms with Gasteiger partial charge in [-0.3, -0.25) is 4.57 Å². The highest BCUT2D eigenvalue weighted by Crippen LogP contribution is 2.21. The van der Waals surface area contributed by atoms with Crippen molar-refractivity contribution in [2.75, 3.05) is 0 Å². The van der Waals surface area contributed by atoms with Crippen LogP contribution in [0.3, 0.4) is 0 Å². The van der Waals surface area contributed by atoms with E-state index in [0.29, 0.717) is 5.15 Å². The summed E-state index contributed by atoms with van der Waals surface area (Å²) in [5, 5.41) is 0.512. The highest BCUT2D eigenvalue weighted by atomic mass is 35.5. The lowest BCUT2D eigenvalue weighted by atomic mass is 10.3. The standard InChI is InChI=1S/C12H15ClN4/c1-5-10-15-11(13)7(2)12(16-10)17-6-14-8(3)9(17)4/h6H,5H2,1-4H3. The Hall–Kier alpha value is -1.42. The van der Waals surface area contributed by atoms with Crippen molar-refractivity contribution in [2.45, 2.75) is 34.1 Å². The van der Waals surface area contributed by atoms with Gasteiger partial charge in [0, 0.05) is 17.7 Å². The first-order valence-electron chi connectivity index (χ1n) is 5.58. The van der Waals surface area contributed by atoms with Crippen LogP contribution >= 0.6 is 11.6 Å². The van der Waals surface area contributed by atoms with Crippen molar-refractivity contribution >= 4 is 11.6 Å². The summed E-state index contributed by atoms with van der Waals surface area (Å²) in [6.45, 7) is 7.93. The molecule has 17 heavy (non-hydrogen) atoms. The largest absolute Gasteiger partial charge is 0.287 e. The molecule has 0 bridgehead atoms. The highest BCUT2D eigenvalue weighted by molar-refractivity contribution is 6.30. The Morgan fingerprint density at radius 1 is 1.24 bits per heavy atom. The molecule has 0 saturated carbocycles. The van der Waals surface area contributed by atoms with Gasteiger partial charge in [-0.15, -0.1) is 0 Å². The Morgan fingerprint density at radius 2 is 1.94 bits per heavy atom. The van der Waals surface area contributed by atoms with Gasteiger partial charge in [0.05, 0.1) is 5.69 Å². The summed E-state index contributed by atoms with van der Waals surface area (Å²) in [6.07, 6.45) is 2.54. The maximum atomic E-state index is 6.12. The van der Waals surface area contributed by atoms with E-state index in [1.54, 1.807) is 6.33 Å². The number of halogens is 1. The predicted octanol–water partition coefficient (Wildman–Crippen LogP) is 2.80. The third kappa shape index (κ3) is 2.05. The van der Waals surface area contributed by atoms with Gasteiger partial charge >= 0.3 is 0 Å². The number of hydrogen-bond acceptors (Lipinski definition) is 3. The minimum Gasteiger partial charge on any atom is -0.287 e. The summed E-state index contributed by atoms with van der Waals surface area (Å²) < 4.78 is 1.96. The molecule has 0 saturated heterocycles. The molecule has 0 aliphatic rings. The van der Waals surface area contributed by atoms with Gasteiger partial charge in [-0.1, -0.05) is 18.5 Å². The molecule has 0 radical (unpaired) electrons. The quantitative estimate of drug-likeness (QED) is 0.770. The van der Waals surface area contributed by atoms with Crippen LogP contribution in [0.5, 0.6) is 0 Å². The molecule has 2 rings (SSSR count). The van der Waals surface area contributed by atoms with E-state index in [9.17, 15) is 0 Å². The van der Waals surface area contributed by atoms with E-state index >= 15 is 0 Å². The van der Waals surface area contributed by atoms with Gasteiger partial charge in [0.15, 0.2) is 0 Å². The van der Waals surface area contributed by atoms with E-state index in [1.807, 2.05) is 32.3 Å². The highest BCUT2D eigenvalue weighted by Gasteiger charge is 2.13. The summed E-state index contributed by atoms with van der Waals surface area (Å²) in [7, 11) is 0.